The molecule has 7 heteroatoms. The number of hydrogen-bond acceptors (Lipinski definition) is 5. The Kier molecular flexibility index (Phi) is 6.49. The molecule has 2 aromatic carbocycles. The maximum absolute atomic E-state index is 12.9. The summed E-state index contributed by atoms with van der Waals surface area (Å²) in [6, 6.07) is 15.6. The SMILES string of the molecule is CCOC(=O)CC1C(=O)N(c2ccc(OC)cc2)C1C(=O)NCc1ccccc1. The molecule has 2 amide bonds. The van der Waals surface area contributed by atoms with Crippen molar-refractivity contribution in [2.45, 2.75) is 25.9 Å². The van der Waals surface area contributed by atoms with E-state index in [0.717, 1.165) is 5.56 Å². The van der Waals surface area contributed by atoms with E-state index in [1.807, 2.05) is 30.3 Å². The maximum Gasteiger partial charge on any atom is 0.306 e. The lowest BCUT2D eigenvalue weighted by Gasteiger charge is -2.45. The lowest BCUT2D eigenvalue weighted by molar-refractivity contribution is -0.150. The normalized spacial score (nSPS) is 18.0. The molecule has 1 heterocycles. The van der Waals surface area contributed by atoms with Crippen LogP contribution >= 0.6 is 0 Å². The highest BCUT2D eigenvalue weighted by Crippen LogP contribution is 2.36. The van der Waals surface area contributed by atoms with E-state index in [4.69, 9.17) is 9.47 Å². The summed E-state index contributed by atoms with van der Waals surface area (Å²) in [7, 11) is 1.55. The van der Waals surface area contributed by atoms with Crippen LogP contribution in [0.4, 0.5) is 5.69 Å². The van der Waals surface area contributed by atoms with Crippen LogP contribution in [0.5, 0.6) is 5.75 Å². The third-order valence-corrected chi connectivity index (χ3v) is 4.83. The summed E-state index contributed by atoms with van der Waals surface area (Å²) < 4.78 is 10.1. The van der Waals surface area contributed by atoms with Crippen molar-refractivity contribution < 1.29 is 23.9 Å². The van der Waals surface area contributed by atoms with Gasteiger partial charge < -0.3 is 14.8 Å². The van der Waals surface area contributed by atoms with Crippen LogP contribution in [0.15, 0.2) is 54.6 Å². The number of nitrogens with zero attached hydrogens (tertiary/aromatic N) is 1. The first kappa shape index (κ1) is 20.4. The molecule has 0 aliphatic carbocycles. The van der Waals surface area contributed by atoms with Crippen LogP contribution in [-0.4, -0.2) is 37.5 Å². The lowest BCUT2D eigenvalue weighted by atomic mass is 9.83. The zero-order valence-corrected chi connectivity index (χ0v) is 16.5. The van der Waals surface area contributed by atoms with E-state index in [9.17, 15) is 14.4 Å². The van der Waals surface area contributed by atoms with E-state index >= 15 is 0 Å². The Morgan fingerprint density at radius 3 is 2.38 bits per heavy atom. The van der Waals surface area contributed by atoms with Gasteiger partial charge in [0.2, 0.25) is 11.8 Å². The molecular weight excluding hydrogens is 372 g/mol. The van der Waals surface area contributed by atoms with E-state index in [-0.39, 0.29) is 24.8 Å². The van der Waals surface area contributed by atoms with Gasteiger partial charge in [-0.1, -0.05) is 30.3 Å². The molecule has 2 unspecified atom stereocenters. The highest BCUT2D eigenvalue weighted by molar-refractivity contribution is 6.12. The zero-order valence-electron chi connectivity index (χ0n) is 16.5. The van der Waals surface area contributed by atoms with Gasteiger partial charge in [0.05, 0.1) is 26.1 Å². The number of rotatable bonds is 8. The van der Waals surface area contributed by atoms with Gasteiger partial charge in [0.25, 0.3) is 0 Å². The second kappa shape index (κ2) is 9.23. The van der Waals surface area contributed by atoms with Gasteiger partial charge in [-0.25, -0.2) is 0 Å². The van der Waals surface area contributed by atoms with Crippen molar-refractivity contribution in [2.24, 2.45) is 5.92 Å². The monoisotopic (exact) mass is 396 g/mol. The average molecular weight is 396 g/mol. The topological polar surface area (TPSA) is 84.9 Å². The van der Waals surface area contributed by atoms with Crippen molar-refractivity contribution in [3.63, 3.8) is 0 Å². The smallest absolute Gasteiger partial charge is 0.306 e. The summed E-state index contributed by atoms with van der Waals surface area (Å²) in [4.78, 5) is 39.0. The van der Waals surface area contributed by atoms with Crippen LogP contribution in [0, 0.1) is 5.92 Å². The number of amides is 2. The van der Waals surface area contributed by atoms with E-state index in [1.165, 1.54) is 4.90 Å². The molecule has 152 valence electrons. The van der Waals surface area contributed by atoms with Crippen molar-refractivity contribution in [3.05, 3.63) is 60.2 Å². The quantitative estimate of drug-likeness (QED) is 0.547. The van der Waals surface area contributed by atoms with Crippen LogP contribution < -0.4 is 15.0 Å². The van der Waals surface area contributed by atoms with Gasteiger partial charge in [-0.2, -0.15) is 0 Å². The Bertz CT molecular complexity index is 867. The molecule has 2 atom stereocenters. The van der Waals surface area contributed by atoms with E-state index in [0.29, 0.717) is 18.0 Å². The Morgan fingerprint density at radius 2 is 1.76 bits per heavy atom. The van der Waals surface area contributed by atoms with Crippen molar-refractivity contribution in [1.29, 1.82) is 0 Å². The number of nitrogens with one attached hydrogen (secondary N) is 1. The molecule has 2 aromatic rings. The molecule has 29 heavy (non-hydrogen) atoms. The predicted octanol–water partition coefficient (Wildman–Crippen LogP) is 2.30. The summed E-state index contributed by atoms with van der Waals surface area (Å²) in [5.74, 6) is -1.16. The summed E-state index contributed by atoms with van der Waals surface area (Å²) in [5, 5.41) is 2.87. The number of anilines is 1. The van der Waals surface area contributed by atoms with Gasteiger partial charge in [-0.3, -0.25) is 19.3 Å². The maximum atomic E-state index is 12.9. The number of carbonyl (C=O) groups excluding carboxylic acids is 3. The summed E-state index contributed by atoms with van der Waals surface area (Å²) in [6.45, 7) is 2.27. The number of ether oxygens (including phenoxy) is 2. The van der Waals surface area contributed by atoms with Gasteiger partial charge >= 0.3 is 5.97 Å². The highest BCUT2D eigenvalue weighted by atomic mass is 16.5. The Labute approximate surface area is 169 Å². The lowest BCUT2D eigenvalue weighted by Crippen LogP contribution is -2.67. The molecule has 1 fully saturated rings. The van der Waals surface area contributed by atoms with E-state index in [1.54, 1.807) is 38.3 Å². The largest absolute Gasteiger partial charge is 0.497 e. The van der Waals surface area contributed by atoms with Crippen molar-refractivity contribution in [1.82, 2.24) is 5.32 Å². The fourth-order valence-electron chi connectivity index (χ4n) is 3.37. The number of benzene rings is 2. The number of carbonyl (C=O) groups is 3. The minimum absolute atomic E-state index is 0.122. The first-order chi connectivity index (χ1) is 14.0. The van der Waals surface area contributed by atoms with Crippen LogP contribution in [0.3, 0.4) is 0 Å². The molecule has 0 spiro atoms. The van der Waals surface area contributed by atoms with Crippen molar-refractivity contribution >= 4 is 23.5 Å². The second-order valence-electron chi connectivity index (χ2n) is 6.67. The number of hydrogen-bond donors (Lipinski definition) is 1. The summed E-state index contributed by atoms with van der Waals surface area (Å²) in [5.41, 5.74) is 1.53. The summed E-state index contributed by atoms with van der Waals surface area (Å²) in [6.07, 6.45) is -0.122. The average Bonchev–Trinajstić information content (AvgIpc) is 2.75. The Balaban J connectivity index is 1.77. The molecule has 7 nitrogen and oxygen atoms in total. The molecule has 3 rings (SSSR count). The van der Waals surface area contributed by atoms with Gasteiger partial charge in [-0.05, 0) is 36.8 Å². The number of esters is 1. The predicted molar refractivity (Wildman–Crippen MR) is 107 cm³/mol. The van der Waals surface area contributed by atoms with Crippen LogP contribution in [0.1, 0.15) is 18.9 Å². The number of methoxy groups -OCH3 is 1. The Hall–Kier alpha value is -3.35. The first-order valence-electron chi connectivity index (χ1n) is 9.49. The third kappa shape index (κ3) is 4.56. The van der Waals surface area contributed by atoms with Crippen molar-refractivity contribution in [2.75, 3.05) is 18.6 Å². The molecule has 0 bridgehead atoms. The molecule has 1 saturated heterocycles. The fourth-order valence-corrected chi connectivity index (χ4v) is 3.37. The van der Waals surface area contributed by atoms with Gasteiger partial charge in [0, 0.05) is 12.2 Å². The standard InChI is InChI=1S/C22H24N2O5/c1-3-29-19(25)13-18-20(21(26)23-14-15-7-5-4-6-8-15)24(22(18)27)16-9-11-17(28-2)12-10-16/h4-12,18,20H,3,13-14H2,1-2H3,(H,23,26). The van der Waals surface area contributed by atoms with Crippen LogP contribution in [0.2, 0.25) is 0 Å². The third-order valence-electron chi connectivity index (χ3n) is 4.83. The summed E-state index contributed by atoms with van der Waals surface area (Å²) >= 11 is 0. The van der Waals surface area contributed by atoms with Gasteiger partial charge in [-0.15, -0.1) is 0 Å². The molecular formula is C22H24N2O5. The molecule has 0 radical (unpaired) electrons. The number of β-lactam (4-membered cyclic amide) rings is 1. The van der Waals surface area contributed by atoms with Crippen molar-refractivity contribution in [3.8, 4) is 5.75 Å². The van der Waals surface area contributed by atoms with Gasteiger partial charge in [0.1, 0.15) is 11.8 Å². The molecule has 0 aromatic heterocycles. The van der Waals surface area contributed by atoms with Crippen LogP contribution in [-0.2, 0) is 25.7 Å². The molecule has 1 aliphatic rings. The van der Waals surface area contributed by atoms with Gasteiger partial charge in [0.15, 0.2) is 0 Å². The zero-order chi connectivity index (χ0) is 20.8. The fraction of sp³-hybridized carbons (Fsp3) is 0.318. The van der Waals surface area contributed by atoms with Crippen LogP contribution in [0.25, 0.3) is 0 Å². The molecule has 0 saturated carbocycles. The minimum Gasteiger partial charge on any atom is -0.497 e. The molecule has 1 N–H and O–H groups in total. The first-order valence-corrected chi connectivity index (χ1v) is 9.49. The highest BCUT2D eigenvalue weighted by Gasteiger charge is 2.52. The molecule has 1 aliphatic heterocycles. The Morgan fingerprint density at radius 1 is 1.07 bits per heavy atom. The second-order valence-corrected chi connectivity index (χ2v) is 6.67. The van der Waals surface area contributed by atoms with E-state index in [2.05, 4.69) is 5.32 Å². The van der Waals surface area contributed by atoms with E-state index < -0.39 is 17.9 Å². The minimum atomic E-state index is -0.774.